The number of likely N-dealkylation sites (N-methyl/N-ethyl adjacent to an activating group) is 1. The summed E-state index contributed by atoms with van der Waals surface area (Å²) < 4.78 is 0. The summed E-state index contributed by atoms with van der Waals surface area (Å²) in [5.41, 5.74) is 2.14. The Kier molecular flexibility index (Phi) is 5.94. The van der Waals surface area contributed by atoms with E-state index in [1.807, 2.05) is 30.3 Å². The van der Waals surface area contributed by atoms with Crippen LogP contribution in [0.15, 0.2) is 54.6 Å². The third-order valence-corrected chi connectivity index (χ3v) is 4.45. The fourth-order valence-electron chi connectivity index (χ4n) is 2.96. The van der Waals surface area contributed by atoms with Gasteiger partial charge in [-0.1, -0.05) is 42.5 Å². The largest absolute Gasteiger partial charge is 0.395 e. The maximum absolute atomic E-state index is 13.0. The molecule has 8 heteroatoms. The van der Waals surface area contributed by atoms with Crippen LogP contribution in [0.4, 0.5) is 5.69 Å². The second-order valence-corrected chi connectivity index (χ2v) is 6.48. The minimum atomic E-state index is -0.491. The van der Waals surface area contributed by atoms with E-state index in [-0.39, 0.29) is 30.3 Å². The Labute approximate surface area is 167 Å². The van der Waals surface area contributed by atoms with Gasteiger partial charge >= 0.3 is 0 Å². The number of nitro groups is 1. The molecular formula is C21H20N4O4. The van der Waals surface area contributed by atoms with Gasteiger partial charge in [0.15, 0.2) is 5.82 Å². The predicted octanol–water partition coefficient (Wildman–Crippen LogP) is 3.09. The molecule has 8 nitrogen and oxygen atoms in total. The summed E-state index contributed by atoms with van der Waals surface area (Å²) in [5.74, 6) is 0.0589. The van der Waals surface area contributed by atoms with Crippen LogP contribution in [0.3, 0.4) is 0 Å². The molecule has 0 radical (unpaired) electrons. The van der Waals surface area contributed by atoms with Crippen LogP contribution in [0.2, 0.25) is 0 Å². The Morgan fingerprint density at radius 3 is 2.45 bits per heavy atom. The first-order valence-electron chi connectivity index (χ1n) is 8.97. The number of benzene rings is 2. The quantitative estimate of drug-likeness (QED) is 0.510. The highest BCUT2D eigenvalue weighted by atomic mass is 16.6. The molecule has 0 saturated heterocycles. The van der Waals surface area contributed by atoms with E-state index in [0.29, 0.717) is 22.8 Å². The number of aliphatic hydroxyl groups excluding tert-OH is 1. The molecule has 0 spiro atoms. The SMILES string of the molecule is Cc1nc(-c2ccccc2)nc(-c2cccc([N+](=O)[O-])c2)c1C(=O)N(C)CCO. The highest BCUT2D eigenvalue weighted by Gasteiger charge is 2.24. The normalized spacial score (nSPS) is 10.6. The third kappa shape index (κ3) is 4.27. The maximum atomic E-state index is 13.0. The molecule has 1 amide bonds. The van der Waals surface area contributed by atoms with Gasteiger partial charge in [0.05, 0.1) is 28.5 Å². The fraction of sp³-hybridized carbons (Fsp3) is 0.190. The number of rotatable bonds is 6. The average Bonchev–Trinajstić information content (AvgIpc) is 2.73. The maximum Gasteiger partial charge on any atom is 0.270 e. The molecule has 0 aliphatic rings. The van der Waals surface area contributed by atoms with E-state index >= 15 is 0 Å². The summed E-state index contributed by atoms with van der Waals surface area (Å²) in [5, 5.41) is 20.4. The van der Waals surface area contributed by atoms with Crippen molar-refractivity contribution < 1.29 is 14.8 Å². The summed E-state index contributed by atoms with van der Waals surface area (Å²) in [7, 11) is 1.57. The Bertz CT molecular complexity index is 1050. The number of hydrogen-bond donors (Lipinski definition) is 1. The number of non-ortho nitro benzene ring substituents is 1. The van der Waals surface area contributed by atoms with Crippen LogP contribution in [0.5, 0.6) is 0 Å². The summed E-state index contributed by atoms with van der Waals surface area (Å²) >= 11 is 0. The zero-order chi connectivity index (χ0) is 21.0. The number of nitro benzene ring substituents is 1. The number of aryl methyl sites for hydroxylation is 1. The Balaban J connectivity index is 2.24. The fourth-order valence-corrected chi connectivity index (χ4v) is 2.96. The minimum Gasteiger partial charge on any atom is -0.395 e. The molecule has 0 aliphatic carbocycles. The summed E-state index contributed by atoms with van der Waals surface area (Å²) in [6.07, 6.45) is 0. The van der Waals surface area contributed by atoms with Gasteiger partial charge in [0.25, 0.3) is 11.6 Å². The molecular weight excluding hydrogens is 372 g/mol. The number of nitrogens with zero attached hydrogens (tertiary/aromatic N) is 4. The van der Waals surface area contributed by atoms with Gasteiger partial charge < -0.3 is 10.0 Å². The van der Waals surface area contributed by atoms with Crippen LogP contribution >= 0.6 is 0 Å². The second-order valence-electron chi connectivity index (χ2n) is 6.48. The molecule has 148 valence electrons. The third-order valence-electron chi connectivity index (χ3n) is 4.45. The lowest BCUT2D eigenvalue weighted by Crippen LogP contribution is -2.31. The average molecular weight is 392 g/mol. The summed E-state index contributed by atoms with van der Waals surface area (Å²) in [6, 6.07) is 15.3. The van der Waals surface area contributed by atoms with Gasteiger partial charge in [0.1, 0.15) is 0 Å². The van der Waals surface area contributed by atoms with E-state index in [9.17, 15) is 20.0 Å². The highest BCUT2D eigenvalue weighted by Crippen LogP contribution is 2.30. The lowest BCUT2D eigenvalue weighted by Gasteiger charge is -2.19. The monoisotopic (exact) mass is 392 g/mol. The topological polar surface area (TPSA) is 109 Å². The van der Waals surface area contributed by atoms with Gasteiger partial charge in [-0.3, -0.25) is 14.9 Å². The standard InChI is InChI=1S/C21H20N4O4/c1-14-18(21(27)24(2)11-12-26)19(16-9-6-10-17(13-16)25(28)29)23-20(22-14)15-7-4-3-5-8-15/h3-10,13,26H,11-12H2,1-2H3. The van der Waals surface area contributed by atoms with E-state index in [4.69, 9.17) is 0 Å². The van der Waals surface area contributed by atoms with Gasteiger partial charge in [0.2, 0.25) is 0 Å². The van der Waals surface area contributed by atoms with E-state index in [1.54, 1.807) is 26.1 Å². The second kappa shape index (κ2) is 8.57. The molecule has 0 bridgehead atoms. The van der Waals surface area contributed by atoms with E-state index in [2.05, 4.69) is 9.97 Å². The first kappa shape index (κ1) is 20.1. The van der Waals surface area contributed by atoms with Crippen molar-refractivity contribution >= 4 is 11.6 Å². The van der Waals surface area contributed by atoms with Crippen molar-refractivity contribution in [3.63, 3.8) is 0 Å². The number of aromatic nitrogens is 2. The van der Waals surface area contributed by atoms with E-state index < -0.39 is 4.92 Å². The van der Waals surface area contributed by atoms with E-state index in [1.165, 1.54) is 17.0 Å². The molecule has 3 aromatic rings. The number of carbonyl (C=O) groups is 1. The van der Waals surface area contributed by atoms with Crippen LogP contribution < -0.4 is 0 Å². The lowest BCUT2D eigenvalue weighted by atomic mass is 10.0. The Hall–Kier alpha value is -3.65. The van der Waals surface area contributed by atoms with Crippen LogP contribution in [0.1, 0.15) is 16.1 Å². The molecule has 0 fully saturated rings. The molecule has 0 atom stereocenters. The van der Waals surface area contributed by atoms with E-state index in [0.717, 1.165) is 5.56 Å². The molecule has 2 aromatic carbocycles. The summed E-state index contributed by atoms with van der Waals surface area (Å²) in [4.78, 5) is 34.2. The number of hydrogen-bond acceptors (Lipinski definition) is 6. The van der Waals surface area contributed by atoms with Crippen LogP contribution in [0.25, 0.3) is 22.6 Å². The Morgan fingerprint density at radius 2 is 1.79 bits per heavy atom. The van der Waals surface area contributed by atoms with Gasteiger partial charge in [-0.15, -0.1) is 0 Å². The van der Waals surface area contributed by atoms with Gasteiger partial charge in [-0.25, -0.2) is 9.97 Å². The minimum absolute atomic E-state index is 0.0952. The molecule has 0 unspecified atom stereocenters. The smallest absolute Gasteiger partial charge is 0.270 e. The van der Waals surface area contributed by atoms with Crippen molar-refractivity contribution in [1.29, 1.82) is 0 Å². The molecule has 0 saturated carbocycles. The molecule has 0 aliphatic heterocycles. The van der Waals surface area contributed by atoms with Gasteiger partial charge in [-0.2, -0.15) is 0 Å². The van der Waals surface area contributed by atoms with Crippen molar-refractivity contribution in [3.8, 4) is 22.6 Å². The number of aliphatic hydroxyl groups is 1. The number of carbonyl (C=O) groups excluding carboxylic acids is 1. The zero-order valence-electron chi connectivity index (χ0n) is 16.1. The van der Waals surface area contributed by atoms with Gasteiger partial charge in [-0.05, 0) is 6.92 Å². The molecule has 3 rings (SSSR count). The first-order chi connectivity index (χ1) is 13.9. The van der Waals surface area contributed by atoms with Crippen molar-refractivity contribution in [3.05, 3.63) is 76.0 Å². The van der Waals surface area contributed by atoms with Crippen LogP contribution in [-0.4, -0.2) is 51.0 Å². The van der Waals surface area contributed by atoms with Gasteiger partial charge in [0, 0.05) is 36.9 Å². The number of amides is 1. The molecule has 1 aromatic heterocycles. The zero-order valence-corrected chi connectivity index (χ0v) is 16.1. The molecule has 1 heterocycles. The first-order valence-corrected chi connectivity index (χ1v) is 8.97. The molecule has 1 N–H and O–H groups in total. The van der Waals surface area contributed by atoms with Crippen molar-refractivity contribution in [2.45, 2.75) is 6.92 Å². The lowest BCUT2D eigenvalue weighted by molar-refractivity contribution is -0.384. The van der Waals surface area contributed by atoms with Crippen LogP contribution in [-0.2, 0) is 0 Å². The highest BCUT2D eigenvalue weighted by molar-refractivity contribution is 6.01. The summed E-state index contributed by atoms with van der Waals surface area (Å²) in [6.45, 7) is 1.67. The van der Waals surface area contributed by atoms with Crippen molar-refractivity contribution in [2.24, 2.45) is 0 Å². The van der Waals surface area contributed by atoms with Crippen molar-refractivity contribution in [1.82, 2.24) is 14.9 Å². The van der Waals surface area contributed by atoms with Crippen molar-refractivity contribution in [2.75, 3.05) is 20.2 Å². The molecule has 29 heavy (non-hydrogen) atoms. The van der Waals surface area contributed by atoms with Crippen LogP contribution in [0, 0.1) is 17.0 Å². The Morgan fingerprint density at radius 1 is 1.10 bits per heavy atom. The predicted molar refractivity (Wildman–Crippen MR) is 108 cm³/mol.